The van der Waals surface area contributed by atoms with Crippen LogP contribution in [-0.4, -0.2) is 19.7 Å². The standard InChI is InChI=1S/C15H22FNO/c1-17-11-15(12-6-5-7-13(16)10-12)18-14-8-3-2-4-9-14/h5-7,10,14-15,17H,2-4,8-9,11H2,1H3. The van der Waals surface area contributed by atoms with E-state index < -0.39 is 0 Å². The zero-order chi connectivity index (χ0) is 12.8. The van der Waals surface area contributed by atoms with Crippen molar-refractivity contribution in [2.75, 3.05) is 13.6 Å². The minimum Gasteiger partial charge on any atom is -0.369 e. The number of hydrogen-bond donors (Lipinski definition) is 1. The van der Waals surface area contributed by atoms with Gasteiger partial charge in [0, 0.05) is 6.54 Å². The molecule has 18 heavy (non-hydrogen) atoms. The van der Waals surface area contributed by atoms with Crippen LogP contribution in [0.1, 0.15) is 43.8 Å². The molecule has 0 amide bonds. The van der Waals surface area contributed by atoms with Gasteiger partial charge >= 0.3 is 0 Å². The van der Waals surface area contributed by atoms with Crippen LogP contribution in [0, 0.1) is 5.82 Å². The number of hydrogen-bond acceptors (Lipinski definition) is 2. The van der Waals surface area contributed by atoms with Gasteiger partial charge in [0.1, 0.15) is 5.82 Å². The van der Waals surface area contributed by atoms with Gasteiger partial charge in [-0.1, -0.05) is 31.4 Å². The molecule has 100 valence electrons. The van der Waals surface area contributed by atoms with Crippen molar-refractivity contribution in [3.63, 3.8) is 0 Å². The highest BCUT2D eigenvalue weighted by molar-refractivity contribution is 5.19. The minimum absolute atomic E-state index is 0.0474. The monoisotopic (exact) mass is 251 g/mol. The summed E-state index contributed by atoms with van der Waals surface area (Å²) in [6.45, 7) is 0.722. The summed E-state index contributed by atoms with van der Waals surface area (Å²) in [5.41, 5.74) is 0.926. The smallest absolute Gasteiger partial charge is 0.123 e. The molecule has 0 radical (unpaired) electrons. The average molecular weight is 251 g/mol. The summed E-state index contributed by atoms with van der Waals surface area (Å²) in [4.78, 5) is 0. The summed E-state index contributed by atoms with van der Waals surface area (Å²) in [6, 6.07) is 6.73. The first-order chi connectivity index (χ1) is 8.79. The Labute approximate surface area is 109 Å². The second kappa shape index (κ2) is 6.86. The summed E-state index contributed by atoms with van der Waals surface area (Å²) >= 11 is 0. The van der Waals surface area contributed by atoms with Crippen LogP contribution in [0.2, 0.25) is 0 Å². The fourth-order valence-electron chi connectivity index (χ4n) is 2.57. The van der Waals surface area contributed by atoms with E-state index in [9.17, 15) is 4.39 Å². The Morgan fingerprint density at radius 2 is 2.11 bits per heavy atom. The quantitative estimate of drug-likeness (QED) is 0.865. The predicted octanol–water partition coefficient (Wildman–Crippen LogP) is 3.44. The van der Waals surface area contributed by atoms with E-state index in [1.54, 1.807) is 12.1 Å². The van der Waals surface area contributed by atoms with Crippen LogP contribution >= 0.6 is 0 Å². The molecule has 0 aromatic heterocycles. The van der Waals surface area contributed by atoms with Gasteiger partial charge < -0.3 is 10.1 Å². The molecule has 0 heterocycles. The van der Waals surface area contributed by atoms with Crippen LogP contribution < -0.4 is 5.32 Å². The number of nitrogens with one attached hydrogen (secondary N) is 1. The minimum atomic E-state index is -0.194. The molecule has 1 aliphatic rings. The average Bonchev–Trinajstić information content (AvgIpc) is 2.39. The fraction of sp³-hybridized carbons (Fsp3) is 0.600. The fourth-order valence-corrected chi connectivity index (χ4v) is 2.57. The summed E-state index contributed by atoms with van der Waals surface area (Å²) in [5.74, 6) is -0.194. The maximum atomic E-state index is 13.3. The van der Waals surface area contributed by atoms with E-state index in [1.165, 1.54) is 25.3 Å². The topological polar surface area (TPSA) is 21.3 Å². The van der Waals surface area contributed by atoms with Crippen LogP contribution in [0.15, 0.2) is 24.3 Å². The van der Waals surface area contributed by atoms with Gasteiger partial charge in [-0.25, -0.2) is 4.39 Å². The van der Waals surface area contributed by atoms with Crippen molar-refractivity contribution >= 4 is 0 Å². The summed E-state index contributed by atoms with van der Waals surface area (Å²) in [7, 11) is 1.90. The van der Waals surface area contributed by atoms with Crippen LogP contribution in [-0.2, 0) is 4.74 Å². The number of ether oxygens (including phenoxy) is 1. The molecule has 2 nitrogen and oxygen atoms in total. The predicted molar refractivity (Wildman–Crippen MR) is 71.0 cm³/mol. The Morgan fingerprint density at radius 3 is 2.78 bits per heavy atom. The highest BCUT2D eigenvalue weighted by atomic mass is 19.1. The molecule has 3 heteroatoms. The van der Waals surface area contributed by atoms with Crippen LogP contribution in [0.4, 0.5) is 4.39 Å². The van der Waals surface area contributed by atoms with Crippen molar-refractivity contribution in [3.05, 3.63) is 35.6 Å². The van der Waals surface area contributed by atoms with E-state index >= 15 is 0 Å². The lowest BCUT2D eigenvalue weighted by atomic mass is 9.97. The van der Waals surface area contributed by atoms with Gasteiger partial charge in [-0.15, -0.1) is 0 Å². The number of halogens is 1. The number of rotatable bonds is 5. The normalized spacial score (nSPS) is 18.8. The van der Waals surface area contributed by atoms with Gasteiger partial charge in [-0.05, 0) is 37.6 Å². The van der Waals surface area contributed by atoms with Gasteiger partial charge in [0.15, 0.2) is 0 Å². The van der Waals surface area contributed by atoms with E-state index in [2.05, 4.69) is 5.32 Å². The molecule has 1 N–H and O–H groups in total. The van der Waals surface area contributed by atoms with Gasteiger partial charge in [0.25, 0.3) is 0 Å². The molecular weight excluding hydrogens is 229 g/mol. The SMILES string of the molecule is CNCC(OC1CCCCC1)c1cccc(F)c1. The molecule has 1 aromatic carbocycles. The van der Waals surface area contributed by atoms with Crippen molar-refractivity contribution in [1.82, 2.24) is 5.32 Å². The van der Waals surface area contributed by atoms with Crippen LogP contribution in [0.5, 0.6) is 0 Å². The first-order valence-corrected chi connectivity index (χ1v) is 6.85. The second-order valence-corrected chi connectivity index (χ2v) is 5.00. The highest BCUT2D eigenvalue weighted by Crippen LogP contribution is 2.27. The summed E-state index contributed by atoms with van der Waals surface area (Å²) < 4.78 is 19.4. The number of likely N-dealkylation sites (N-methyl/N-ethyl adjacent to an activating group) is 1. The Balaban J connectivity index is 2.02. The molecule has 1 saturated carbocycles. The van der Waals surface area contributed by atoms with Crippen molar-refractivity contribution in [1.29, 1.82) is 0 Å². The maximum Gasteiger partial charge on any atom is 0.123 e. The highest BCUT2D eigenvalue weighted by Gasteiger charge is 2.20. The second-order valence-electron chi connectivity index (χ2n) is 5.00. The first-order valence-electron chi connectivity index (χ1n) is 6.85. The Morgan fingerprint density at radius 1 is 1.33 bits per heavy atom. The zero-order valence-electron chi connectivity index (χ0n) is 11.0. The molecule has 1 aliphatic carbocycles. The molecule has 1 fully saturated rings. The zero-order valence-corrected chi connectivity index (χ0v) is 11.0. The van der Waals surface area contributed by atoms with E-state index in [4.69, 9.17) is 4.74 Å². The molecule has 0 saturated heterocycles. The van der Waals surface area contributed by atoms with E-state index in [-0.39, 0.29) is 11.9 Å². The van der Waals surface area contributed by atoms with E-state index in [1.807, 2.05) is 13.1 Å². The molecular formula is C15H22FNO. The largest absolute Gasteiger partial charge is 0.369 e. The van der Waals surface area contributed by atoms with Gasteiger partial charge in [-0.3, -0.25) is 0 Å². The third-order valence-corrected chi connectivity index (χ3v) is 3.52. The molecule has 1 atom stereocenters. The van der Waals surface area contributed by atoms with Crippen LogP contribution in [0.3, 0.4) is 0 Å². The van der Waals surface area contributed by atoms with Crippen molar-refractivity contribution in [3.8, 4) is 0 Å². The summed E-state index contributed by atoms with van der Waals surface area (Å²) in [5, 5.41) is 3.13. The maximum absolute atomic E-state index is 13.3. The molecule has 1 aromatic rings. The first kappa shape index (κ1) is 13.5. The lowest BCUT2D eigenvalue weighted by Gasteiger charge is -2.28. The third-order valence-electron chi connectivity index (χ3n) is 3.52. The van der Waals surface area contributed by atoms with Gasteiger partial charge in [0.2, 0.25) is 0 Å². The summed E-state index contributed by atoms with van der Waals surface area (Å²) in [6.07, 6.45) is 6.37. The Hall–Kier alpha value is -0.930. The van der Waals surface area contributed by atoms with Crippen LogP contribution in [0.25, 0.3) is 0 Å². The van der Waals surface area contributed by atoms with Crippen molar-refractivity contribution in [2.45, 2.75) is 44.3 Å². The Bertz CT molecular complexity index is 363. The van der Waals surface area contributed by atoms with E-state index in [0.29, 0.717) is 6.10 Å². The van der Waals surface area contributed by atoms with Crippen molar-refractivity contribution in [2.24, 2.45) is 0 Å². The van der Waals surface area contributed by atoms with Crippen molar-refractivity contribution < 1.29 is 9.13 Å². The third kappa shape index (κ3) is 3.79. The molecule has 1 unspecified atom stereocenters. The lowest BCUT2D eigenvalue weighted by Crippen LogP contribution is -2.26. The molecule has 0 bridgehead atoms. The molecule has 0 aliphatic heterocycles. The van der Waals surface area contributed by atoms with Gasteiger partial charge in [-0.2, -0.15) is 0 Å². The molecule has 2 rings (SSSR count). The van der Waals surface area contributed by atoms with E-state index in [0.717, 1.165) is 24.9 Å². The molecule has 0 spiro atoms. The lowest BCUT2D eigenvalue weighted by molar-refractivity contribution is -0.0299. The van der Waals surface area contributed by atoms with Gasteiger partial charge in [0.05, 0.1) is 12.2 Å². The number of benzene rings is 1. The Kier molecular flexibility index (Phi) is 5.14.